The first-order valence-electron chi connectivity index (χ1n) is 9.23. The number of aromatic nitrogens is 3. The lowest BCUT2D eigenvalue weighted by Gasteiger charge is -2.21. The molecule has 0 fully saturated rings. The minimum absolute atomic E-state index is 0.0683. The van der Waals surface area contributed by atoms with E-state index in [0.717, 1.165) is 37.8 Å². The van der Waals surface area contributed by atoms with Crippen molar-refractivity contribution in [1.82, 2.24) is 14.8 Å². The summed E-state index contributed by atoms with van der Waals surface area (Å²) in [6, 6.07) is 1.87. The fourth-order valence-corrected chi connectivity index (χ4v) is 3.15. The van der Waals surface area contributed by atoms with Gasteiger partial charge in [-0.3, -0.25) is 4.68 Å². The molecular formula is C19H23F6N3. The van der Waals surface area contributed by atoms with Gasteiger partial charge >= 0.3 is 12.4 Å². The maximum Gasteiger partial charge on any atom is 0.416 e. The summed E-state index contributed by atoms with van der Waals surface area (Å²) >= 11 is 0. The standard InChI is InChI=1S/C19H23F6N3/c1-2-3-4-5-6-14(7-8-28-13-26-12-27-28)15-9-16(18(20,21)22)11-17(10-15)19(23,24)25/h9-14H,2-8H2,1H3. The van der Waals surface area contributed by atoms with Gasteiger partial charge in [0.1, 0.15) is 12.7 Å². The van der Waals surface area contributed by atoms with Gasteiger partial charge in [0.05, 0.1) is 11.1 Å². The molecular weight excluding hydrogens is 384 g/mol. The first kappa shape index (κ1) is 22.2. The number of unbranched alkanes of at least 4 members (excludes halogenated alkanes) is 3. The van der Waals surface area contributed by atoms with Gasteiger partial charge in [0.25, 0.3) is 0 Å². The lowest BCUT2D eigenvalue weighted by atomic mass is 9.88. The van der Waals surface area contributed by atoms with E-state index < -0.39 is 29.4 Å². The van der Waals surface area contributed by atoms with Crippen molar-refractivity contribution in [3.63, 3.8) is 0 Å². The summed E-state index contributed by atoms with van der Waals surface area (Å²) in [5, 5.41) is 3.95. The van der Waals surface area contributed by atoms with E-state index in [-0.39, 0.29) is 11.6 Å². The lowest BCUT2D eigenvalue weighted by molar-refractivity contribution is -0.143. The van der Waals surface area contributed by atoms with Crippen molar-refractivity contribution < 1.29 is 26.3 Å². The molecule has 28 heavy (non-hydrogen) atoms. The molecule has 3 nitrogen and oxygen atoms in total. The molecule has 0 saturated carbocycles. The lowest BCUT2D eigenvalue weighted by Crippen LogP contribution is -2.14. The van der Waals surface area contributed by atoms with Gasteiger partial charge in [-0.2, -0.15) is 31.4 Å². The third-order valence-corrected chi connectivity index (χ3v) is 4.66. The number of halogens is 6. The Morgan fingerprint density at radius 1 is 0.893 bits per heavy atom. The van der Waals surface area contributed by atoms with Crippen LogP contribution in [-0.4, -0.2) is 14.8 Å². The van der Waals surface area contributed by atoms with Crippen LogP contribution in [0.1, 0.15) is 68.1 Å². The minimum Gasteiger partial charge on any atom is -0.253 e. The van der Waals surface area contributed by atoms with Crippen LogP contribution in [0.25, 0.3) is 0 Å². The Morgan fingerprint density at radius 3 is 2.04 bits per heavy atom. The van der Waals surface area contributed by atoms with Gasteiger partial charge in [-0.15, -0.1) is 0 Å². The predicted molar refractivity (Wildman–Crippen MR) is 92.6 cm³/mol. The Kier molecular flexibility index (Phi) is 7.48. The smallest absolute Gasteiger partial charge is 0.253 e. The highest BCUT2D eigenvalue weighted by molar-refractivity contribution is 5.35. The summed E-state index contributed by atoms with van der Waals surface area (Å²) in [5.74, 6) is -0.426. The topological polar surface area (TPSA) is 30.7 Å². The Morgan fingerprint density at radius 2 is 1.54 bits per heavy atom. The SMILES string of the molecule is CCCCCCC(CCn1cncn1)c1cc(C(F)(F)F)cc(C(F)(F)F)c1. The van der Waals surface area contributed by atoms with E-state index in [1.807, 2.05) is 6.92 Å². The third-order valence-electron chi connectivity index (χ3n) is 4.66. The van der Waals surface area contributed by atoms with Crippen LogP contribution in [-0.2, 0) is 18.9 Å². The van der Waals surface area contributed by atoms with Gasteiger partial charge in [0.2, 0.25) is 0 Å². The molecule has 0 saturated heterocycles. The summed E-state index contributed by atoms with van der Waals surface area (Å²) < 4.78 is 80.6. The largest absolute Gasteiger partial charge is 0.416 e. The van der Waals surface area contributed by atoms with Crippen LogP contribution in [0.5, 0.6) is 0 Å². The Hall–Kier alpha value is -2.06. The summed E-state index contributed by atoms with van der Waals surface area (Å²) in [4.78, 5) is 3.81. The number of nitrogens with zero attached hydrogens (tertiary/aromatic N) is 3. The molecule has 0 radical (unpaired) electrons. The maximum atomic E-state index is 13.2. The van der Waals surface area contributed by atoms with Crippen molar-refractivity contribution in [3.05, 3.63) is 47.5 Å². The Bertz CT molecular complexity index is 690. The van der Waals surface area contributed by atoms with E-state index in [0.29, 0.717) is 19.4 Å². The van der Waals surface area contributed by atoms with E-state index in [9.17, 15) is 26.3 Å². The number of benzene rings is 1. The molecule has 1 aromatic carbocycles. The molecule has 0 amide bonds. The van der Waals surface area contributed by atoms with Gasteiger partial charge in [-0.05, 0) is 42.5 Å². The molecule has 156 valence electrons. The van der Waals surface area contributed by atoms with Gasteiger partial charge in [0, 0.05) is 6.54 Å². The number of aryl methyl sites for hydroxylation is 1. The molecule has 0 N–H and O–H groups in total. The summed E-state index contributed by atoms with van der Waals surface area (Å²) in [5.41, 5.74) is -2.47. The van der Waals surface area contributed by atoms with E-state index in [2.05, 4.69) is 10.1 Å². The zero-order chi connectivity index (χ0) is 20.8. The molecule has 0 aliphatic carbocycles. The molecule has 0 bridgehead atoms. The molecule has 1 heterocycles. The van der Waals surface area contributed by atoms with Crippen LogP contribution >= 0.6 is 0 Å². The normalized spacial score (nSPS) is 13.7. The van der Waals surface area contributed by atoms with Crippen LogP contribution in [0, 0.1) is 0 Å². The van der Waals surface area contributed by atoms with Gasteiger partial charge in [-0.25, -0.2) is 4.98 Å². The molecule has 0 spiro atoms. The average Bonchev–Trinajstić information content (AvgIpc) is 3.12. The molecule has 0 aliphatic heterocycles. The van der Waals surface area contributed by atoms with Gasteiger partial charge < -0.3 is 0 Å². The van der Waals surface area contributed by atoms with Crippen molar-refractivity contribution in [3.8, 4) is 0 Å². The number of hydrogen-bond acceptors (Lipinski definition) is 2. The van der Waals surface area contributed by atoms with Gasteiger partial charge in [-0.1, -0.05) is 32.6 Å². The van der Waals surface area contributed by atoms with Crippen molar-refractivity contribution in [2.75, 3.05) is 0 Å². The average molecular weight is 407 g/mol. The van der Waals surface area contributed by atoms with Crippen LogP contribution in [0.3, 0.4) is 0 Å². The summed E-state index contributed by atoms with van der Waals surface area (Å²) in [6.07, 6.45) is -2.36. The molecule has 1 aromatic heterocycles. The number of hydrogen-bond donors (Lipinski definition) is 0. The highest BCUT2D eigenvalue weighted by atomic mass is 19.4. The molecule has 9 heteroatoms. The van der Waals surface area contributed by atoms with Crippen molar-refractivity contribution in [2.24, 2.45) is 0 Å². The monoisotopic (exact) mass is 407 g/mol. The van der Waals surface area contributed by atoms with Crippen molar-refractivity contribution in [2.45, 2.75) is 70.3 Å². The minimum atomic E-state index is -4.84. The van der Waals surface area contributed by atoms with E-state index >= 15 is 0 Å². The molecule has 2 aromatic rings. The first-order valence-corrected chi connectivity index (χ1v) is 9.23. The second kappa shape index (κ2) is 9.43. The van der Waals surface area contributed by atoms with E-state index in [4.69, 9.17) is 0 Å². The second-order valence-corrected chi connectivity index (χ2v) is 6.83. The van der Waals surface area contributed by atoms with Crippen LogP contribution in [0.4, 0.5) is 26.3 Å². The quantitative estimate of drug-likeness (QED) is 0.353. The van der Waals surface area contributed by atoms with Gasteiger partial charge in [0.15, 0.2) is 0 Å². The highest BCUT2D eigenvalue weighted by Gasteiger charge is 2.37. The molecule has 1 unspecified atom stereocenters. The zero-order valence-corrected chi connectivity index (χ0v) is 15.5. The van der Waals surface area contributed by atoms with E-state index in [1.54, 1.807) is 0 Å². The molecule has 1 atom stereocenters. The zero-order valence-electron chi connectivity index (χ0n) is 15.5. The molecule has 2 rings (SSSR count). The first-order chi connectivity index (χ1) is 13.1. The van der Waals surface area contributed by atoms with Crippen molar-refractivity contribution in [1.29, 1.82) is 0 Å². The Labute approximate surface area is 159 Å². The van der Waals surface area contributed by atoms with Crippen molar-refractivity contribution >= 4 is 0 Å². The fourth-order valence-electron chi connectivity index (χ4n) is 3.15. The van der Waals surface area contributed by atoms with E-state index in [1.165, 1.54) is 17.3 Å². The van der Waals surface area contributed by atoms with Crippen LogP contribution in [0.15, 0.2) is 30.9 Å². The number of rotatable bonds is 9. The Balaban J connectivity index is 2.32. The second-order valence-electron chi connectivity index (χ2n) is 6.83. The third kappa shape index (κ3) is 6.53. The highest BCUT2D eigenvalue weighted by Crippen LogP contribution is 2.39. The summed E-state index contributed by atoms with van der Waals surface area (Å²) in [7, 11) is 0. The maximum absolute atomic E-state index is 13.2. The fraction of sp³-hybridized carbons (Fsp3) is 0.579. The predicted octanol–water partition coefficient (Wildman–Crippen LogP) is 6.46. The molecule has 0 aliphatic rings. The summed E-state index contributed by atoms with van der Waals surface area (Å²) in [6.45, 7) is 2.40. The van der Waals surface area contributed by atoms with Crippen LogP contribution < -0.4 is 0 Å². The van der Waals surface area contributed by atoms with Crippen LogP contribution in [0.2, 0.25) is 0 Å². The number of alkyl halides is 6.